The van der Waals surface area contributed by atoms with Gasteiger partial charge in [-0.3, -0.25) is 4.31 Å². The lowest BCUT2D eigenvalue weighted by atomic mass is 10.2. The summed E-state index contributed by atoms with van der Waals surface area (Å²) in [5, 5.41) is 9.37. The molecule has 1 saturated carbocycles. The minimum absolute atomic E-state index is 0.00163. The van der Waals surface area contributed by atoms with Crippen LogP contribution in [-0.4, -0.2) is 64.6 Å². The third-order valence-electron chi connectivity index (χ3n) is 4.38. The Morgan fingerprint density at radius 2 is 2.00 bits per heavy atom. The maximum atomic E-state index is 12.1. The average Bonchev–Trinajstić information content (AvgIpc) is 3.20. The molecule has 1 fully saturated rings. The zero-order valence-corrected chi connectivity index (χ0v) is 15.8. The number of sulfonamides is 1. The van der Waals surface area contributed by atoms with E-state index in [9.17, 15) is 18.3 Å². The second kappa shape index (κ2) is 7.57. The molecule has 0 aliphatic heterocycles. The molecule has 1 aromatic rings. The highest BCUT2D eigenvalue weighted by Crippen LogP contribution is 2.38. The quantitative estimate of drug-likeness (QED) is 0.698. The fourth-order valence-electron chi connectivity index (χ4n) is 2.67. The predicted molar refractivity (Wildman–Crippen MR) is 95.8 cm³/mol. The van der Waals surface area contributed by atoms with Crippen molar-refractivity contribution in [1.29, 1.82) is 0 Å². The third-order valence-corrected chi connectivity index (χ3v) is 5.55. The second-order valence-corrected chi connectivity index (χ2v) is 8.47. The van der Waals surface area contributed by atoms with E-state index in [0.29, 0.717) is 17.7 Å². The van der Waals surface area contributed by atoms with E-state index in [0.717, 1.165) is 23.5 Å². The number of carboxylic acids is 1. The number of hydrogen-bond acceptors (Lipinski definition) is 6. The fourth-order valence-corrected chi connectivity index (χ4v) is 3.51. The first-order chi connectivity index (χ1) is 11.6. The van der Waals surface area contributed by atoms with Crippen molar-refractivity contribution in [3.05, 3.63) is 17.7 Å². The van der Waals surface area contributed by atoms with Crippen LogP contribution in [0, 0.1) is 11.8 Å². The number of ether oxygens (including phenoxy) is 1. The highest BCUT2D eigenvalue weighted by atomic mass is 32.2. The molecule has 0 saturated heterocycles. The summed E-state index contributed by atoms with van der Waals surface area (Å²) in [7, 11) is -0.309. The molecular formula is C16H25N3O5S. The first kappa shape index (κ1) is 19.5. The molecule has 1 N–H and O–H groups in total. The van der Waals surface area contributed by atoms with Gasteiger partial charge < -0.3 is 14.7 Å². The van der Waals surface area contributed by atoms with Gasteiger partial charge in [-0.05, 0) is 30.4 Å². The van der Waals surface area contributed by atoms with Gasteiger partial charge in [-0.15, -0.1) is 0 Å². The topological polar surface area (TPSA) is 100 Å². The van der Waals surface area contributed by atoms with E-state index in [1.165, 1.54) is 19.2 Å². The lowest BCUT2D eigenvalue weighted by Crippen LogP contribution is -2.34. The molecule has 1 heterocycles. The van der Waals surface area contributed by atoms with Gasteiger partial charge in [0.05, 0.1) is 25.0 Å². The van der Waals surface area contributed by atoms with Crippen LogP contribution < -0.4 is 9.21 Å². The van der Waals surface area contributed by atoms with Gasteiger partial charge in [-0.25, -0.2) is 18.2 Å². The molecule has 2 atom stereocenters. The van der Waals surface area contributed by atoms with Crippen LogP contribution in [0.5, 0.6) is 0 Å². The first-order valence-electron chi connectivity index (χ1n) is 8.06. The lowest BCUT2D eigenvalue weighted by Gasteiger charge is -2.24. The van der Waals surface area contributed by atoms with E-state index in [2.05, 4.69) is 11.9 Å². The van der Waals surface area contributed by atoms with E-state index in [4.69, 9.17) is 4.74 Å². The zero-order chi connectivity index (χ0) is 18.8. The zero-order valence-electron chi connectivity index (χ0n) is 15.0. The Morgan fingerprint density at radius 1 is 1.40 bits per heavy atom. The molecule has 140 valence electrons. The highest BCUT2D eigenvalue weighted by Gasteiger charge is 2.33. The smallest absolute Gasteiger partial charge is 0.335 e. The summed E-state index contributed by atoms with van der Waals surface area (Å²) in [6.07, 6.45) is 2.20. The number of aromatic nitrogens is 1. The summed E-state index contributed by atoms with van der Waals surface area (Å²) in [6.45, 7) is 3.17. The van der Waals surface area contributed by atoms with Crippen molar-refractivity contribution in [2.45, 2.75) is 13.3 Å². The number of carbonyl (C=O) groups is 1. The molecule has 0 spiro atoms. The Kier molecular flexibility index (Phi) is 5.89. The molecule has 8 nitrogen and oxygen atoms in total. The number of nitrogens with zero attached hydrogens (tertiary/aromatic N) is 3. The number of hydrogen-bond donors (Lipinski definition) is 1. The van der Waals surface area contributed by atoms with Crippen LogP contribution >= 0.6 is 0 Å². The van der Waals surface area contributed by atoms with E-state index in [1.807, 2.05) is 11.9 Å². The predicted octanol–water partition coefficient (Wildman–Crippen LogP) is 1.28. The van der Waals surface area contributed by atoms with Gasteiger partial charge in [-0.1, -0.05) is 6.92 Å². The molecule has 2 rings (SSSR count). The van der Waals surface area contributed by atoms with Gasteiger partial charge in [0.25, 0.3) is 0 Å². The standard InChI is InChI=1S/C16H25N3O5S/c1-11-7-13(11)10-18(2)14-8-12(16(20)21)9-15(17-14)19(5-6-24-3)25(4,22)23/h8-9,11,13H,5-7,10H2,1-4H3,(H,20,21). The Labute approximate surface area is 148 Å². The van der Waals surface area contributed by atoms with Crippen LogP contribution in [0.4, 0.5) is 11.6 Å². The summed E-state index contributed by atoms with van der Waals surface area (Å²) in [5.74, 6) is 0.616. The van der Waals surface area contributed by atoms with Gasteiger partial charge in [0.15, 0.2) is 0 Å². The summed E-state index contributed by atoms with van der Waals surface area (Å²) < 4.78 is 30.2. The molecule has 9 heteroatoms. The van der Waals surface area contributed by atoms with Gasteiger partial charge in [-0.2, -0.15) is 0 Å². The first-order valence-corrected chi connectivity index (χ1v) is 9.91. The van der Waals surface area contributed by atoms with Gasteiger partial charge in [0, 0.05) is 20.7 Å². The molecule has 0 radical (unpaired) electrons. The lowest BCUT2D eigenvalue weighted by molar-refractivity contribution is 0.0697. The maximum absolute atomic E-state index is 12.1. The largest absolute Gasteiger partial charge is 0.478 e. The van der Waals surface area contributed by atoms with Crippen molar-refractivity contribution in [1.82, 2.24) is 4.98 Å². The average molecular weight is 371 g/mol. The van der Waals surface area contributed by atoms with Crippen molar-refractivity contribution in [3.8, 4) is 0 Å². The summed E-state index contributed by atoms with van der Waals surface area (Å²) in [5.41, 5.74) is 0.00163. The van der Waals surface area contributed by atoms with Crippen LogP contribution in [0.1, 0.15) is 23.7 Å². The minimum Gasteiger partial charge on any atom is -0.478 e. The molecule has 0 bridgehead atoms. The van der Waals surface area contributed by atoms with E-state index >= 15 is 0 Å². The van der Waals surface area contributed by atoms with Crippen LogP contribution in [0.25, 0.3) is 0 Å². The van der Waals surface area contributed by atoms with Gasteiger partial charge in [0.2, 0.25) is 10.0 Å². The highest BCUT2D eigenvalue weighted by molar-refractivity contribution is 7.92. The van der Waals surface area contributed by atoms with Gasteiger partial charge in [0.1, 0.15) is 11.6 Å². The summed E-state index contributed by atoms with van der Waals surface area (Å²) >= 11 is 0. The number of anilines is 2. The van der Waals surface area contributed by atoms with Gasteiger partial charge >= 0.3 is 5.97 Å². The van der Waals surface area contributed by atoms with Crippen LogP contribution in [0.2, 0.25) is 0 Å². The number of methoxy groups -OCH3 is 1. The monoisotopic (exact) mass is 371 g/mol. The number of aromatic carboxylic acids is 1. The molecule has 0 aromatic carbocycles. The van der Waals surface area contributed by atoms with Crippen molar-refractivity contribution in [2.24, 2.45) is 11.8 Å². The van der Waals surface area contributed by atoms with E-state index < -0.39 is 16.0 Å². The van der Waals surface area contributed by atoms with E-state index in [-0.39, 0.29) is 24.5 Å². The molecule has 1 aromatic heterocycles. The molecule has 0 amide bonds. The van der Waals surface area contributed by atoms with Crippen molar-refractivity contribution in [2.75, 3.05) is 49.3 Å². The number of carboxylic acid groups (broad SMARTS) is 1. The van der Waals surface area contributed by atoms with Crippen LogP contribution in [0.3, 0.4) is 0 Å². The SMILES string of the molecule is COCCN(c1cc(C(=O)O)cc(N(C)CC2CC2C)n1)S(C)(=O)=O. The molecule has 1 aliphatic carbocycles. The molecule has 25 heavy (non-hydrogen) atoms. The summed E-state index contributed by atoms with van der Waals surface area (Å²) in [6, 6.07) is 2.74. The Morgan fingerprint density at radius 3 is 2.48 bits per heavy atom. The minimum atomic E-state index is -3.62. The third kappa shape index (κ3) is 5.05. The van der Waals surface area contributed by atoms with Crippen molar-refractivity contribution >= 4 is 27.6 Å². The fraction of sp³-hybridized carbons (Fsp3) is 0.625. The summed E-state index contributed by atoms with van der Waals surface area (Å²) in [4.78, 5) is 17.7. The molecular weight excluding hydrogens is 346 g/mol. The van der Waals surface area contributed by atoms with E-state index in [1.54, 1.807) is 0 Å². The Bertz CT molecular complexity index is 737. The Hall–Kier alpha value is -1.87. The second-order valence-electron chi connectivity index (χ2n) is 6.56. The Balaban J connectivity index is 2.39. The maximum Gasteiger partial charge on any atom is 0.335 e. The van der Waals surface area contributed by atoms with Crippen LogP contribution in [-0.2, 0) is 14.8 Å². The number of pyridine rings is 1. The van der Waals surface area contributed by atoms with Crippen molar-refractivity contribution in [3.63, 3.8) is 0 Å². The normalized spacial score (nSPS) is 19.5. The molecule has 2 unspecified atom stereocenters. The molecule has 1 aliphatic rings. The number of rotatable bonds is 9. The van der Waals surface area contributed by atoms with Crippen LogP contribution in [0.15, 0.2) is 12.1 Å². The van der Waals surface area contributed by atoms with Crippen molar-refractivity contribution < 1.29 is 23.1 Å².